The molecule has 0 aliphatic rings. The molecule has 4 nitrogen and oxygen atoms in total. The molecule has 1 heterocycles. The van der Waals surface area contributed by atoms with Crippen LogP contribution in [0.1, 0.15) is 29.9 Å². The monoisotopic (exact) mass is 337 g/mol. The number of aryl methyl sites for hydroxylation is 2. The molecular weight excluding hydrogens is 318 g/mol. The van der Waals surface area contributed by atoms with Gasteiger partial charge in [-0.15, -0.1) is 0 Å². The number of hydrogen-bond acceptors (Lipinski definition) is 3. The topological polar surface area (TPSA) is 53.1 Å². The number of ether oxygens (including phenoxy) is 1. The smallest absolute Gasteiger partial charge is 0.118 e. The van der Waals surface area contributed by atoms with Crippen LogP contribution in [0.15, 0.2) is 28.7 Å². The highest BCUT2D eigenvalue weighted by Crippen LogP contribution is 2.26. The van der Waals surface area contributed by atoms with Crippen molar-refractivity contribution >= 4 is 15.9 Å². The fraction of sp³-hybridized carbons (Fsp3) is 0.400. The first-order chi connectivity index (χ1) is 9.56. The quantitative estimate of drug-likeness (QED) is 0.911. The summed E-state index contributed by atoms with van der Waals surface area (Å²) in [5.74, 6) is 0.844. The van der Waals surface area contributed by atoms with E-state index in [2.05, 4.69) is 28.0 Å². The van der Waals surface area contributed by atoms with Gasteiger partial charge in [-0.05, 0) is 47.5 Å². The van der Waals surface area contributed by atoms with Crippen molar-refractivity contribution in [3.05, 3.63) is 45.7 Å². The van der Waals surface area contributed by atoms with E-state index >= 15 is 0 Å². The minimum absolute atomic E-state index is 0.0568. The first kappa shape index (κ1) is 15.1. The molecular formula is C15H20BrN3O. The van der Waals surface area contributed by atoms with Gasteiger partial charge < -0.3 is 10.5 Å². The van der Waals surface area contributed by atoms with Gasteiger partial charge in [-0.25, -0.2) is 0 Å². The lowest BCUT2D eigenvalue weighted by atomic mass is 10.0. The molecule has 108 valence electrons. The number of methoxy groups -OCH3 is 1. The normalized spacial score (nSPS) is 12.4. The van der Waals surface area contributed by atoms with Gasteiger partial charge in [0.1, 0.15) is 5.75 Å². The summed E-state index contributed by atoms with van der Waals surface area (Å²) < 4.78 is 8.23. The van der Waals surface area contributed by atoms with Crippen LogP contribution in [-0.2, 0) is 13.0 Å². The molecule has 0 fully saturated rings. The second-order valence-corrected chi connectivity index (χ2v) is 5.54. The van der Waals surface area contributed by atoms with Gasteiger partial charge >= 0.3 is 0 Å². The van der Waals surface area contributed by atoms with Gasteiger partial charge in [-0.2, -0.15) is 5.10 Å². The van der Waals surface area contributed by atoms with Gasteiger partial charge in [0.2, 0.25) is 0 Å². The van der Waals surface area contributed by atoms with Crippen molar-refractivity contribution < 1.29 is 4.74 Å². The van der Waals surface area contributed by atoms with Gasteiger partial charge in [-0.3, -0.25) is 4.68 Å². The maximum atomic E-state index is 6.32. The predicted octanol–water partition coefficient (Wildman–Crippen LogP) is 3.23. The van der Waals surface area contributed by atoms with Gasteiger partial charge in [0.25, 0.3) is 0 Å². The Morgan fingerprint density at radius 1 is 1.35 bits per heavy atom. The molecule has 0 aliphatic heterocycles. The highest BCUT2D eigenvalue weighted by Gasteiger charge is 2.16. The molecule has 0 saturated carbocycles. The number of nitrogens with zero attached hydrogens (tertiary/aromatic N) is 2. The maximum Gasteiger partial charge on any atom is 0.118 e. The van der Waals surface area contributed by atoms with Crippen LogP contribution in [0.4, 0.5) is 0 Å². The SMILES string of the molecule is CCn1nc(C)c(Br)c1CC(N)c1ccc(OC)cc1. The van der Waals surface area contributed by atoms with E-state index in [-0.39, 0.29) is 6.04 Å². The van der Waals surface area contributed by atoms with Gasteiger partial charge in [0, 0.05) is 19.0 Å². The molecule has 0 radical (unpaired) electrons. The number of aromatic nitrogens is 2. The Labute approximate surface area is 128 Å². The molecule has 1 unspecified atom stereocenters. The summed E-state index contributed by atoms with van der Waals surface area (Å²) in [7, 11) is 1.66. The number of benzene rings is 1. The van der Waals surface area contributed by atoms with Gasteiger partial charge in [-0.1, -0.05) is 12.1 Å². The average molecular weight is 338 g/mol. The minimum Gasteiger partial charge on any atom is -0.497 e. The fourth-order valence-electron chi connectivity index (χ4n) is 2.24. The van der Waals surface area contributed by atoms with Crippen LogP contribution >= 0.6 is 15.9 Å². The van der Waals surface area contributed by atoms with Crippen molar-refractivity contribution in [3.63, 3.8) is 0 Å². The molecule has 5 heteroatoms. The third-order valence-corrected chi connectivity index (χ3v) is 4.44. The zero-order valence-corrected chi connectivity index (χ0v) is 13.6. The van der Waals surface area contributed by atoms with Crippen LogP contribution in [0.25, 0.3) is 0 Å². The third kappa shape index (κ3) is 3.04. The molecule has 1 atom stereocenters. The first-order valence-corrected chi connectivity index (χ1v) is 7.47. The number of hydrogen-bond donors (Lipinski definition) is 1. The Balaban J connectivity index is 2.20. The Hall–Kier alpha value is -1.33. The molecule has 0 amide bonds. The zero-order chi connectivity index (χ0) is 14.7. The molecule has 1 aromatic carbocycles. The molecule has 20 heavy (non-hydrogen) atoms. The first-order valence-electron chi connectivity index (χ1n) is 6.68. The van der Waals surface area contributed by atoms with Crippen molar-refractivity contribution in [1.82, 2.24) is 9.78 Å². The largest absolute Gasteiger partial charge is 0.497 e. The third-order valence-electron chi connectivity index (χ3n) is 3.41. The van der Waals surface area contributed by atoms with E-state index in [1.807, 2.05) is 35.9 Å². The van der Waals surface area contributed by atoms with Crippen molar-refractivity contribution in [2.24, 2.45) is 5.73 Å². The highest BCUT2D eigenvalue weighted by molar-refractivity contribution is 9.10. The average Bonchev–Trinajstić information content (AvgIpc) is 2.75. The van der Waals surface area contributed by atoms with Crippen molar-refractivity contribution in [1.29, 1.82) is 0 Å². The summed E-state index contributed by atoms with van der Waals surface area (Å²) in [4.78, 5) is 0. The van der Waals surface area contributed by atoms with E-state index in [9.17, 15) is 0 Å². The molecule has 0 spiro atoms. The molecule has 2 aromatic rings. The Morgan fingerprint density at radius 2 is 2.00 bits per heavy atom. The lowest BCUT2D eigenvalue weighted by molar-refractivity contribution is 0.414. The van der Waals surface area contributed by atoms with E-state index < -0.39 is 0 Å². The van der Waals surface area contributed by atoms with Crippen molar-refractivity contribution in [2.75, 3.05) is 7.11 Å². The van der Waals surface area contributed by atoms with Gasteiger partial charge in [0.15, 0.2) is 0 Å². The summed E-state index contributed by atoms with van der Waals surface area (Å²) in [6, 6.07) is 7.84. The van der Waals surface area contributed by atoms with Crippen molar-refractivity contribution in [2.45, 2.75) is 32.9 Å². The van der Waals surface area contributed by atoms with Gasteiger partial charge in [0.05, 0.1) is 23.0 Å². The van der Waals surface area contributed by atoms with Crippen LogP contribution in [-0.4, -0.2) is 16.9 Å². The minimum atomic E-state index is -0.0568. The Morgan fingerprint density at radius 3 is 2.55 bits per heavy atom. The zero-order valence-electron chi connectivity index (χ0n) is 12.1. The molecule has 2 N–H and O–H groups in total. The van der Waals surface area contributed by atoms with Crippen LogP contribution < -0.4 is 10.5 Å². The summed E-state index contributed by atoms with van der Waals surface area (Å²) in [6.45, 7) is 4.93. The molecule has 0 bridgehead atoms. The standard InChI is InChI=1S/C15H20BrN3O/c1-4-19-14(15(16)10(2)18-19)9-13(17)11-5-7-12(20-3)8-6-11/h5-8,13H,4,9,17H2,1-3H3. The van der Waals surface area contributed by atoms with E-state index in [4.69, 9.17) is 10.5 Å². The van der Waals surface area contributed by atoms with Crippen LogP contribution in [0.2, 0.25) is 0 Å². The molecule has 0 aliphatic carbocycles. The number of nitrogens with two attached hydrogens (primary N) is 1. The van der Waals surface area contributed by atoms with E-state index in [1.54, 1.807) is 7.11 Å². The summed E-state index contributed by atoms with van der Waals surface area (Å²) >= 11 is 3.61. The lowest BCUT2D eigenvalue weighted by Gasteiger charge is -2.14. The summed E-state index contributed by atoms with van der Waals surface area (Å²) in [5.41, 5.74) is 9.56. The summed E-state index contributed by atoms with van der Waals surface area (Å²) in [5, 5.41) is 4.50. The van der Waals surface area contributed by atoms with Crippen molar-refractivity contribution in [3.8, 4) is 5.75 Å². The molecule has 0 saturated heterocycles. The Kier molecular flexibility index (Phi) is 4.83. The second kappa shape index (κ2) is 6.41. The second-order valence-electron chi connectivity index (χ2n) is 4.75. The van der Waals surface area contributed by atoms with E-state index in [0.29, 0.717) is 0 Å². The summed E-state index contributed by atoms with van der Waals surface area (Å²) in [6.07, 6.45) is 0.752. The van der Waals surface area contributed by atoms with E-state index in [0.717, 1.165) is 40.1 Å². The lowest BCUT2D eigenvalue weighted by Crippen LogP contribution is -2.16. The maximum absolute atomic E-state index is 6.32. The van der Waals surface area contributed by atoms with Crippen LogP contribution in [0, 0.1) is 6.92 Å². The molecule has 1 aromatic heterocycles. The number of halogens is 1. The Bertz CT molecular complexity index is 578. The molecule has 2 rings (SSSR count). The fourth-order valence-corrected chi connectivity index (χ4v) is 2.69. The highest BCUT2D eigenvalue weighted by atomic mass is 79.9. The van der Waals surface area contributed by atoms with E-state index in [1.165, 1.54) is 0 Å². The van der Waals surface area contributed by atoms with Crippen LogP contribution in [0.3, 0.4) is 0 Å². The number of rotatable bonds is 5. The van der Waals surface area contributed by atoms with Crippen LogP contribution in [0.5, 0.6) is 5.75 Å². The predicted molar refractivity (Wildman–Crippen MR) is 84.0 cm³/mol.